The van der Waals surface area contributed by atoms with E-state index < -0.39 is 5.82 Å². The molecule has 1 aromatic rings. The van der Waals surface area contributed by atoms with Crippen molar-refractivity contribution in [1.29, 1.82) is 0 Å². The van der Waals surface area contributed by atoms with Crippen LogP contribution >= 0.6 is 0 Å². The molecule has 0 bridgehead atoms. The molecule has 1 rings (SSSR count). The molecule has 0 amide bonds. The number of pyridine rings is 1. The molecule has 0 aliphatic heterocycles. The molecule has 0 atom stereocenters. The lowest BCUT2D eigenvalue weighted by molar-refractivity contribution is 0.0997. The Morgan fingerprint density at radius 3 is 3.00 bits per heavy atom. The maximum Gasteiger partial charge on any atom is 0.176 e. The van der Waals surface area contributed by atoms with Crippen LogP contribution in [0.5, 0.6) is 0 Å². The molecule has 1 aromatic heterocycles. The highest BCUT2D eigenvalue weighted by molar-refractivity contribution is 5.97. The molecule has 0 aromatic carbocycles. The molecule has 0 aliphatic carbocycles. The fourth-order valence-corrected chi connectivity index (χ4v) is 0.759. The summed E-state index contributed by atoms with van der Waals surface area (Å²) in [4.78, 5) is 14.6. The van der Waals surface area contributed by atoms with Gasteiger partial charge in [-0.15, -0.1) is 6.42 Å². The average molecular weight is 163 g/mol. The molecular weight excluding hydrogens is 157 g/mol. The van der Waals surface area contributed by atoms with Crippen molar-refractivity contribution in [2.24, 2.45) is 0 Å². The first kappa shape index (κ1) is 8.41. The number of ketones is 1. The molecule has 0 radical (unpaired) electrons. The summed E-state index contributed by atoms with van der Waals surface area (Å²) >= 11 is 0. The highest BCUT2D eigenvalue weighted by Gasteiger charge is 2.04. The molecular formula is C9H6FNO. The largest absolute Gasteiger partial charge is 0.293 e. The minimum absolute atomic E-state index is 0.0227. The summed E-state index contributed by atoms with van der Waals surface area (Å²) in [6, 6.07) is 1.12. The normalized spacial score (nSPS) is 9.00. The fourth-order valence-electron chi connectivity index (χ4n) is 0.759. The van der Waals surface area contributed by atoms with Crippen molar-refractivity contribution in [2.45, 2.75) is 6.42 Å². The predicted molar refractivity (Wildman–Crippen MR) is 42.0 cm³/mol. The summed E-state index contributed by atoms with van der Waals surface area (Å²) < 4.78 is 12.5. The zero-order chi connectivity index (χ0) is 8.97. The average Bonchev–Trinajstić information content (AvgIpc) is 2.05. The van der Waals surface area contributed by atoms with Crippen molar-refractivity contribution in [1.82, 2.24) is 4.98 Å². The van der Waals surface area contributed by atoms with E-state index >= 15 is 0 Å². The number of rotatable bonds is 2. The van der Waals surface area contributed by atoms with E-state index in [1.807, 2.05) is 0 Å². The van der Waals surface area contributed by atoms with Crippen molar-refractivity contribution in [3.63, 3.8) is 0 Å². The number of aromatic nitrogens is 1. The first-order valence-corrected chi connectivity index (χ1v) is 3.31. The third-order valence-corrected chi connectivity index (χ3v) is 1.29. The van der Waals surface area contributed by atoms with Crippen LogP contribution in [0.4, 0.5) is 4.39 Å². The van der Waals surface area contributed by atoms with E-state index in [4.69, 9.17) is 6.42 Å². The van der Waals surface area contributed by atoms with Gasteiger partial charge >= 0.3 is 0 Å². The summed E-state index contributed by atoms with van der Waals surface area (Å²) in [5.74, 6) is 1.37. The van der Waals surface area contributed by atoms with Gasteiger partial charge in [-0.1, -0.05) is 5.92 Å². The molecule has 3 heteroatoms. The van der Waals surface area contributed by atoms with Crippen molar-refractivity contribution in [3.8, 4) is 12.3 Å². The highest BCUT2D eigenvalue weighted by Crippen LogP contribution is 2.03. The summed E-state index contributed by atoms with van der Waals surface area (Å²) in [5, 5.41) is 0. The molecule has 60 valence electrons. The second-order valence-corrected chi connectivity index (χ2v) is 2.20. The van der Waals surface area contributed by atoms with Gasteiger partial charge in [0.2, 0.25) is 0 Å². The van der Waals surface area contributed by atoms with Crippen molar-refractivity contribution in [3.05, 3.63) is 29.8 Å². The van der Waals surface area contributed by atoms with Crippen LogP contribution in [0.25, 0.3) is 0 Å². The molecule has 0 spiro atoms. The SMILES string of the molecule is C#CCC(=O)c1cncc(F)c1. The topological polar surface area (TPSA) is 30.0 Å². The van der Waals surface area contributed by atoms with Crippen LogP contribution in [0.3, 0.4) is 0 Å². The Morgan fingerprint density at radius 2 is 2.42 bits per heavy atom. The number of halogens is 1. The molecule has 2 nitrogen and oxygen atoms in total. The van der Waals surface area contributed by atoms with E-state index in [2.05, 4.69) is 10.9 Å². The minimum atomic E-state index is -0.530. The van der Waals surface area contributed by atoms with Crippen LogP contribution in [0.2, 0.25) is 0 Å². The van der Waals surface area contributed by atoms with Crippen molar-refractivity contribution >= 4 is 5.78 Å². The van der Waals surface area contributed by atoms with Gasteiger partial charge in [-0.3, -0.25) is 9.78 Å². The molecule has 12 heavy (non-hydrogen) atoms. The number of hydrogen-bond donors (Lipinski definition) is 0. The third kappa shape index (κ3) is 1.89. The van der Waals surface area contributed by atoms with Crippen LogP contribution in [-0.4, -0.2) is 10.8 Å². The zero-order valence-corrected chi connectivity index (χ0v) is 6.25. The fraction of sp³-hybridized carbons (Fsp3) is 0.111. The quantitative estimate of drug-likeness (QED) is 0.487. The van der Waals surface area contributed by atoms with Crippen LogP contribution in [-0.2, 0) is 0 Å². The standard InChI is InChI=1S/C9H6FNO/c1-2-3-9(12)7-4-8(10)6-11-5-7/h1,4-6H,3H2. The van der Waals surface area contributed by atoms with E-state index in [0.717, 1.165) is 12.3 Å². The van der Waals surface area contributed by atoms with Gasteiger partial charge in [0.25, 0.3) is 0 Å². The smallest absolute Gasteiger partial charge is 0.176 e. The molecule has 0 fully saturated rings. The Morgan fingerprint density at radius 1 is 1.67 bits per heavy atom. The predicted octanol–water partition coefficient (Wildman–Crippen LogP) is 1.43. The Hall–Kier alpha value is -1.69. The zero-order valence-electron chi connectivity index (χ0n) is 6.25. The first-order chi connectivity index (χ1) is 5.74. The molecule has 0 N–H and O–H groups in total. The molecule has 0 unspecified atom stereocenters. The number of terminal acetylenes is 1. The molecule has 0 aliphatic rings. The number of carbonyl (C=O) groups excluding carboxylic acids is 1. The van der Waals surface area contributed by atoms with E-state index in [9.17, 15) is 9.18 Å². The number of Topliss-reactive ketones (excluding diaryl/α,β-unsaturated/α-hetero) is 1. The van der Waals surface area contributed by atoms with Gasteiger partial charge in [0.05, 0.1) is 12.6 Å². The third-order valence-electron chi connectivity index (χ3n) is 1.29. The van der Waals surface area contributed by atoms with E-state index in [1.165, 1.54) is 6.20 Å². The van der Waals surface area contributed by atoms with E-state index in [-0.39, 0.29) is 17.8 Å². The Bertz CT molecular complexity index is 341. The number of carbonyl (C=O) groups is 1. The lowest BCUT2D eigenvalue weighted by Crippen LogP contribution is -1.98. The minimum Gasteiger partial charge on any atom is -0.293 e. The maximum absolute atomic E-state index is 12.5. The Labute approximate surface area is 69.4 Å². The summed E-state index contributed by atoms with van der Waals surface area (Å²) in [6.45, 7) is 0. The van der Waals surface area contributed by atoms with Gasteiger partial charge in [0, 0.05) is 11.8 Å². The number of nitrogens with zero attached hydrogens (tertiary/aromatic N) is 1. The van der Waals surface area contributed by atoms with Crippen LogP contribution < -0.4 is 0 Å². The van der Waals surface area contributed by atoms with Crippen LogP contribution in [0.15, 0.2) is 18.5 Å². The Balaban J connectivity index is 2.90. The van der Waals surface area contributed by atoms with Gasteiger partial charge in [-0.25, -0.2) is 4.39 Å². The van der Waals surface area contributed by atoms with E-state index in [1.54, 1.807) is 0 Å². The van der Waals surface area contributed by atoms with E-state index in [0.29, 0.717) is 0 Å². The maximum atomic E-state index is 12.5. The molecule has 0 saturated heterocycles. The van der Waals surface area contributed by atoms with Gasteiger partial charge in [0.1, 0.15) is 5.82 Å². The lowest BCUT2D eigenvalue weighted by Gasteiger charge is -1.94. The first-order valence-electron chi connectivity index (χ1n) is 3.31. The second kappa shape index (κ2) is 3.63. The monoisotopic (exact) mass is 163 g/mol. The summed E-state index contributed by atoms with van der Waals surface area (Å²) in [7, 11) is 0. The second-order valence-electron chi connectivity index (χ2n) is 2.20. The highest BCUT2D eigenvalue weighted by atomic mass is 19.1. The van der Waals surface area contributed by atoms with Crippen molar-refractivity contribution < 1.29 is 9.18 Å². The van der Waals surface area contributed by atoms with Gasteiger partial charge in [-0.05, 0) is 6.07 Å². The van der Waals surface area contributed by atoms with Gasteiger partial charge < -0.3 is 0 Å². The van der Waals surface area contributed by atoms with Crippen molar-refractivity contribution in [2.75, 3.05) is 0 Å². The van der Waals surface area contributed by atoms with Crippen LogP contribution in [0, 0.1) is 18.2 Å². The van der Waals surface area contributed by atoms with Gasteiger partial charge in [-0.2, -0.15) is 0 Å². The van der Waals surface area contributed by atoms with Gasteiger partial charge in [0.15, 0.2) is 5.78 Å². The summed E-state index contributed by atoms with van der Waals surface area (Å²) in [5.41, 5.74) is 0.216. The molecule has 1 heterocycles. The molecule has 0 saturated carbocycles. The van der Waals surface area contributed by atoms with Crippen LogP contribution in [0.1, 0.15) is 16.8 Å². The number of hydrogen-bond acceptors (Lipinski definition) is 2. The summed E-state index contributed by atoms with van der Waals surface area (Å²) in [6.07, 6.45) is 7.23. The Kier molecular flexibility index (Phi) is 2.54. The lowest BCUT2D eigenvalue weighted by atomic mass is 10.1.